The van der Waals surface area contributed by atoms with Crippen LogP contribution in [0, 0.1) is 0 Å². The Morgan fingerprint density at radius 3 is 2.38 bits per heavy atom. The summed E-state index contributed by atoms with van der Waals surface area (Å²) in [6.07, 6.45) is 1.52. The van der Waals surface area contributed by atoms with Gasteiger partial charge in [0.05, 0.1) is 39.5 Å². The Hall–Kier alpha value is -3.59. The maximum absolute atomic E-state index is 13.5. The number of nitrogens with zero attached hydrogens (tertiary/aromatic N) is 4. The summed E-state index contributed by atoms with van der Waals surface area (Å²) in [4.78, 5) is 35.5. The summed E-state index contributed by atoms with van der Waals surface area (Å²) in [7, 11) is 2.13. The van der Waals surface area contributed by atoms with Crippen LogP contribution in [-0.4, -0.2) is 58.7 Å². The number of likely N-dealkylation sites (N-methyl/N-ethyl adjacent to an activating group) is 1. The predicted octanol–water partition coefficient (Wildman–Crippen LogP) is 4.46. The SMILES string of the molecule is CN1CCN(c2ccc(Cn3cnc4cccc(NC(=O)c5cc(Cl)c(O)c(Cl)c5)c4c3=O)cc2)CC1. The number of rotatable bonds is 5. The van der Waals surface area contributed by atoms with E-state index in [1.54, 1.807) is 18.2 Å². The summed E-state index contributed by atoms with van der Waals surface area (Å²) in [6.45, 7) is 4.38. The Balaban J connectivity index is 1.40. The van der Waals surface area contributed by atoms with Crippen molar-refractivity contribution in [2.24, 2.45) is 0 Å². The van der Waals surface area contributed by atoms with Crippen LogP contribution < -0.4 is 15.8 Å². The zero-order valence-corrected chi connectivity index (χ0v) is 21.6. The summed E-state index contributed by atoms with van der Waals surface area (Å²) >= 11 is 11.9. The van der Waals surface area contributed by atoms with Crippen molar-refractivity contribution >= 4 is 51.4 Å². The highest BCUT2D eigenvalue weighted by Gasteiger charge is 2.17. The Labute approximate surface area is 223 Å². The molecule has 1 fully saturated rings. The average molecular weight is 538 g/mol. The van der Waals surface area contributed by atoms with Crippen LogP contribution >= 0.6 is 23.2 Å². The maximum atomic E-state index is 13.5. The number of aromatic hydroxyl groups is 1. The number of aromatic nitrogens is 2. The third-order valence-electron chi connectivity index (χ3n) is 6.54. The van der Waals surface area contributed by atoms with Gasteiger partial charge in [-0.3, -0.25) is 14.2 Å². The van der Waals surface area contributed by atoms with Gasteiger partial charge in [-0.25, -0.2) is 4.98 Å². The number of hydrogen-bond donors (Lipinski definition) is 2. The van der Waals surface area contributed by atoms with Gasteiger partial charge in [0.1, 0.15) is 0 Å². The van der Waals surface area contributed by atoms with E-state index in [4.69, 9.17) is 23.2 Å². The number of anilines is 2. The van der Waals surface area contributed by atoms with Crippen LogP contribution in [0.4, 0.5) is 11.4 Å². The number of carbonyl (C=O) groups excluding carboxylic acids is 1. The van der Waals surface area contributed by atoms with Gasteiger partial charge in [-0.05, 0) is 49.0 Å². The zero-order chi connectivity index (χ0) is 26.1. The van der Waals surface area contributed by atoms with Crippen LogP contribution in [0.25, 0.3) is 10.9 Å². The van der Waals surface area contributed by atoms with Crippen molar-refractivity contribution < 1.29 is 9.90 Å². The van der Waals surface area contributed by atoms with Crippen molar-refractivity contribution in [1.29, 1.82) is 0 Å². The minimum atomic E-state index is -0.523. The quantitative estimate of drug-likeness (QED) is 0.390. The number of phenolic OH excluding ortho intramolecular Hbond substituents is 1. The van der Waals surface area contributed by atoms with Crippen molar-refractivity contribution in [2.75, 3.05) is 43.4 Å². The third-order valence-corrected chi connectivity index (χ3v) is 7.11. The van der Waals surface area contributed by atoms with Crippen LogP contribution in [0.2, 0.25) is 10.0 Å². The molecule has 8 nitrogen and oxygen atoms in total. The van der Waals surface area contributed by atoms with E-state index in [0.29, 0.717) is 23.1 Å². The molecule has 0 atom stereocenters. The molecule has 1 aliphatic heterocycles. The maximum Gasteiger partial charge on any atom is 0.263 e. The molecule has 0 spiro atoms. The monoisotopic (exact) mass is 537 g/mol. The molecule has 0 unspecified atom stereocenters. The second-order valence-corrected chi connectivity index (χ2v) is 9.89. The molecular weight excluding hydrogens is 513 g/mol. The molecule has 0 radical (unpaired) electrons. The number of amides is 1. The van der Waals surface area contributed by atoms with Gasteiger partial charge in [-0.15, -0.1) is 0 Å². The largest absolute Gasteiger partial charge is 0.505 e. The highest BCUT2D eigenvalue weighted by atomic mass is 35.5. The van der Waals surface area contributed by atoms with Gasteiger partial charge in [-0.1, -0.05) is 41.4 Å². The van der Waals surface area contributed by atoms with Crippen LogP contribution in [0.15, 0.2) is 65.7 Å². The summed E-state index contributed by atoms with van der Waals surface area (Å²) in [5.74, 6) is -0.820. The number of fused-ring (bicyclic) bond motifs is 1. The molecule has 1 aliphatic rings. The lowest BCUT2D eigenvalue weighted by Crippen LogP contribution is -2.44. The Bertz CT molecular complexity index is 1510. The van der Waals surface area contributed by atoms with Crippen molar-refractivity contribution in [1.82, 2.24) is 14.5 Å². The highest BCUT2D eigenvalue weighted by Crippen LogP contribution is 2.33. The smallest absolute Gasteiger partial charge is 0.263 e. The summed E-state index contributed by atoms with van der Waals surface area (Å²) in [6, 6.07) is 15.9. The normalized spacial score (nSPS) is 14.2. The van der Waals surface area contributed by atoms with Crippen molar-refractivity contribution in [3.8, 4) is 5.75 Å². The van der Waals surface area contributed by atoms with Gasteiger partial charge in [0.25, 0.3) is 11.5 Å². The van der Waals surface area contributed by atoms with Gasteiger partial charge in [0, 0.05) is 37.4 Å². The first-order chi connectivity index (χ1) is 17.8. The zero-order valence-electron chi connectivity index (χ0n) is 20.1. The molecule has 2 heterocycles. The third kappa shape index (κ3) is 5.27. The molecular formula is C27H25Cl2N5O3. The van der Waals surface area contributed by atoms with Crippen LogP contribution in [-0.2, 0) is 6.54 Å². The van der Waals surface area contributed by atoms with Gasteiger partial charge in [0.15, 0.2) is 5.75 Å². The van der Waals surface area contributed by atoms with E-state index < -0.39 is 5.91 Å². The van der Waals surface area contributed by atoms with E-state index in [0.717, 1.165) is 31.7 Å². The minimum Gasteiger partial charge on any atom is -0.505 e. The molecule has 0 aliphatic carbocycles. The number of halogens is 2. The minimum absolute atomic E-state index is 0.0433. The number of piperazine rings is 1. The molecule has 1 aromatic heterocycles. The molecule has 190 valence electrons. The number of phenols is 1. The molecule has 1 saturated heterocycles. The topological polar surface area (TPSA) is 90.7 Å². The molecule has 1 amide bonds. The second-order valence-electron chi connectivity index (χ2n) is 9.08. The lowest BCUT2D eigenvalue weighted by Gasteiger charge is -2.34. The molecule has 3 aromatic carbocycles. The van der Waals surface area contributed by atoms with Crippen LogP contribution in [0.3, 0.4) is 0 Å². The van der Waals surface area contributed by atoms with E-state index in [-0.39, 0.29) is 26.9 Å². The number of carbonyl (C=O) groups is 1. The first-order valence-corrected chi connectivity index (χ1v) is 12.6. The van der Waals surface area contributed by atoms with E-state index in [9.17, 15) is 14.7 Å². The molecule has 37 heavy (non-hydrogen) atoms. The van der Waals surface area contributed by atoms with Crippen molar-refractivity contribution in [2.45, 2.75) is 6.54 Å². The van der Waals surface area contributed by atoms with E-state index >= 15 is 0 Å². The summed E-state index contributed by atoms with van der Waals surface area (Å²) in [5, 5.41) is 12.7. The predicted molar refractivity (Wildman–Crippen MR) is 147 cm³/mol. The van der Waals surface area contributed by atoms with E-state index in [1.807, 2.05) is 12.1 Å². The fourth-order valence-corrected chi connectivity index (χ4v) is 4.87. The highest BCUT2D eigenvalue weighted by molar-refractivity contribution is 6.37. The van der Waals surface area contributed by atoms with Gasteiger partial charge in [-0.2, -0.15) is 0 Å². The lowest BCUT2D eigenvalue weighted by atomic mass is 10.1. The second kappa shape index (κ2) is 10.4. The Kier molecular flexibility index (Phi) is 7.06. The number of benzene rings is 3. The summed E-state index contributed by atoms with van der Waals surface area (Å²) in [5.41, 5.74) is 2.79. The number of nitrogens with one attached hydrogen (secondary N) is 1. The fourth-order valence-electron chi connectivity index (χ4n) is 4.38. The van der Waals surface area contributed by atoms with Crippen LogP contribution in [0.5, 0.6) is 5.75 Å². The molecule has 5 rings (SSSR count). The molecule has 0 bridgehead atoms. The Morgan fingerprint density at radius 1 is 1.03 bits per heavy atom. The van der Waals surface area contributed by atoms with Gasteiger partial charge < -0.3 is 20.2 Å². The van der Waals surface area contributed by atoms with Crippen molar-refractivity contribution in [3.63, 3.8) is 0 Å². The molecule has 0 saturated carbocycles. The number of hydrogen-bond acceptors (Lipinski definition) is 6. The fraction of sp³-hybridized carbons (Fsp3) is 0.222. The first kappa shape index (κ1) is 25.1. The molecule has 10 heteroatoms. The van der Waals surface area contributed by atoms with Crippen LogP contribution in [0.1, 0.15) is 15.9 Å². The molecule has 2 N–H and O–H groups in total. The van der Waals surface area contributed by atoms with E-state index in [2.05, 4.69) is 39.3 Å². The average Bonchev–Trinajstić information content (AvgIpc) is 2.89. The standard InChI is InChI=1S/C27H25Cl2N5O3/c1-32-9-11-33(12-10-32)19-7-5-17(6-8-19)15-34-16-30-22-3-2-4-23(24(22)27(34)37)31-26(36)18-13-20(28)25(35)21(29)14-18/h2-8,13-14,16,35H,9-12,15H2,1H3,(H,31,36). The Morgan fingerprint density at radius 2 is 1.70 bits per heavy atom. The molecule has 4 aromatic rings. The van der Waals surface area contributed by atoms with Crippen molar-refractivity contribution in [3.05, 3.63) is 92.5 Å². The lowest BCUT2D eigenvalue weighted by molar-refractivity contribution is 0.102. The van der Waals surface area contributed by atoms with E-state index in [1.165, 1.54) is 28.7 Å². The van der Waals surface area contributed by atoms with Gasteiger partial charge >= 0.3 is 0 Å². The first-order valence-electron chi connectivity index (χ1n) is 11.8. The summed E-state index contributed by atoms with van der Waals surface area (Å²) < 4.78 is 1.52. The van der Waals surface area contributed by atoms with Gasteiger partial charge in [0.2, 0.25) is 0 Å².